The minimum absolute atomic E-state index is 0.0483. The lowest BCUT2D eigenvalue weighted by atomic mass is 9.94. The molecule has 6 nitrogen and oxygen atoms in total. The number of nitriles is 1. The highest BCUT2D eigenvalue weighted by atomic mass is 19.1. The van der Waals surface area contributed by atoms with Crippen LogP contribution < -0.4 is 0 Å². The van der Waals surface area contributed by atoms with Gasteiger partial charge in [0.25, 0.3) is 0 Å². The second kappa shape index (κ2) is 9.75. The van der Waals surface area contributed by atoms with Gasteiger partial charge >= 0.3 is 5.97 Å². The summed E-state index contributed by atoms with van der Waals surface area (Å²) in [5, 5.41) is 8.87. The van der Waals surface area contributed by atoms with Gasteiger partial charge in [0.15, 0.2) is 0 Å². The minimum atomic E-state index is -0.392. The largest absolute Gasteiger partial charge is 0.459 e. The van der Waals surface area contributed by atoms with Crippen molar-refractivity contribution >= 4 is 5.97 Å². The molecule has 0 bridgehead atoms. The molecule has 32 heavy (non-hydrogen) atoms. The molecule has 2 aromatic carbocycles. The van der Waals surface area contributed by atoms with Crippen LogP contribution in [0.3, 0.4) is 0 Å². The van der Waals surface area contributed by atoms with E-state index in [1.54, 1.807) is 36.4 Å². The fourth-order valence-corrected chi connectivity index (χ4v) is 3.74. The molecule has 2 atom stereocenters. The first-order valence-corrected chi connectivity index (χ1v) is 10.6. The maximum atomic E-state index is 13.1. The summed E-state index contributed by atoms with van der Waals surface area (Å²) in [6, 6.07) is 14.4. The Balaban J connectivity index is 1.32. The van der Waals surface area contributed by atoms with Crippen molar-refractivity contribution in [2.75, 3.05) is 0 Å². The van der Waals surface area contributed by atoms with Crippen molar-refractivity contribution < 1.29 is 23.1 Å². The topological polar surface area (TPSA) is 85.4 Å². The fourth-order valence-electron chi connectivity index (χ4n) is 3.74. The molecule has 1 aromatic heterocycles. The van der Waals surface area contributed by atoms with Crippen molar-refractivity contribution in [3.63, 3.8) is 0 Å². The highest BCUT2D eigenvalue weighted by Crippen LogP contribution is 2.27. The van der Waals surface area contributed by atoms with Crippen LogP contribution in [-0.4, -0.2) is 23.2 Å². The van der Waals surface area contributed by atoms with Gasteiger partial charge in [0, 0.05) is 12.0 Å². The summed E-state index contributed by atoms with van der Waals surface area (Å²) in [7, 11) is 0. The average Bonchev–Trinajstić information content (AvgIpc) is 3.19. The normalized spacial score (nSPS) is 18.2. The van der Waals surface area contributed by atoms with E-state index in [1.165, 1.54) is 12.1 Å². The van der Waals surface area contributed by atoms with Crippen molar-refractivity contribution in [2.45, 2.75) is 51.4 Å². The number of carbonyl (C=O) groups excluding carboxylic acids is 1. The lowest BCUT2D eigenvalue weighted by molar-refractivity contribution is -0.0368. The zero-order valence-corrected chi connectivity index (χ0v) is 17.7. The van der Waals surface area contributed by atoms with Crippen LogP contribution in [0.25, 0.3) is 11.5 Å². The molecule has 1 aliphatic carbocycles. The number of ether oxygens (including phenoxy) is 2. The van der Waals surface area contributed by atoms with Gasteiger partial charge in [-0.15, -0.1) is 0 Å². The molecule has 1 fully saturated rings. The van der Waals surface area contributed by atoms with Gasteiger partial charge in [-0.3, -0.25) is 0 Å². The molecule has 0 aliphatic heterocycles. The van der Waals surface area contributed by atoms with Gasteiger partial charge in [-0.05, 0) is 74.7 Å². The smallest absolute Gasteiger partial charge is 0.338 e. The van der Waals surface area contributed by atoms with E-state index in [0.717, 1.165) is 19.3 Å². The second-order valence-electron chi connectivity index (χ2n) is 7.84. The highest BCUT2D eigenvalue weighted by Gasteiger charge is 2.26. The number of nitrogens with zero attached hydrogens (tertiary/aromatic N) is 2. The third kappa shape index (κ3) is 5.21. The number of hydrogen-bond acceptors (Lipinski definition) is 6. The van der Waals surface area contributed by atoms with Crippen molar-refractivity contribution in [1.82, 2.24) is 4.98 Å². The van der Waals surface area contributed by atoms with Gasteiger partial charge in [-0.1, -0.05) is 0 Å². The Morgan fingerprint density at radius 2 is 1.88 bits per heavy atom. The van der Waals surface area contributed by atoms with E-state index >= 15 is 0 Å². The zero-order valence-electron chi connectivity index (χ0n) is 17.7. The van der Waals surface area contributed by atoms with Crippen LogP contribution in [0.1, 0.15) is 53.1 Å². The lowest BCUT2D eigenvalue weighted by Crippen LogP contribution is -2.30. The van der Waals surface area contributed by atoms with E-state index in [0.29, 0.717) is 40.5 Å². The number of hydrogen-bond donors (Lipinski definition) is 0. The number of carbonyl (C=O) groups is 1. The number of esters is 1. The minimum Gasteiger partial charge on any atom is -0.459 e. The predicted octanol–water partition coefficient (Wildman–Crippen LogP) is 5.35. The van der Waals surface area contributed by atoms with Crippen LogP contribution >= 0.6 is 0 Å². The van der Waals surface area contributed by atoms with E-state index in [-0.39, 0.29) is 24.6 Å². The molecule has 3 aromatic rings. The average molecular weight is 434 g/mol. The molecule has 0 unspecified atom stereocenters. The molecule has 1 aliphatic rings. The Morgan fingerprint density at radius 3 is 2.59 bits per heavy atom. The van der Waals surface area contributed by atoms with Gasteiger partial charge in [0.1, 0.15) is 23.4 Å². The molecule has 0 radical (unpaired) electrons. The first-order valence-electron chi connectivity index (χ1n) is 10.6. The lowest BCUT2D eigenvalue weighted by Gasteiger charge is -2.28. The van der Waals surface area contributed by atoms with Crippen LogP contribution in [-0.2, 0) is 16.1 Å². The van der Waals surface area contributed by atoms with Crippen LogP contribution in [0, 0.1) is 24.1 Å². The predicted molar refractivity (Wildman–Crippen MR) is 114 cm³/mol. The molecule has 0 N–H and O–H groups in total. The first-order chi connectivity index (χ1) is 15.5. The highest BCUT2D eigenvalue weighted by molar-refractivity contribution is 5.89. The van der Waals surface area contributed by atoms with Gasteiger partial charge in [-0.2, -0.15) is 5.26 Å². The summed E-state index contributed by atoms with van der Waals surface area (Å²) in [5.74, 6) is 0.381. The Hall–Kier alpha value is -3.50. The summed E-state index contributed by atoms with van der Waals surface area (Å²) in [6.07, 6.45) is 2.92. The maximum Gasteiger partial charge on any atom is 0.338 e. The Morgan fingerprint density at radius 1 is 1.16 bits per heavy atom. The summed E-state index contributed by atoms with van der Waals surface area (Å²) in [4.78, 5) is 16.9. The number of halogens is 1. The van der Waals surface area contributed by atoms with Crippen LogP contribution in [0.4, 0.5) is 4.39 Å². The Bertz CT molecular complexity index is 1120. The maximum absolute atomic E-state index is 13.1. The molecule has 7 heteroatoms. The summed E-state index contributed by atoms with van der Waals surface area (Å²) < 4.78 is 30.6. The third-order valence-corrected chi connectivity index (χ3v) is 5.54. The van der Waals surface area contributed by atoms with Crippen molar-refractivity contribution in [2.24, 2.45) is 0 Å². The number of oxazole rings is 1. The number of aromatic nitrogens is 1. The number of rotatable bonds is 6. The Labute approximate surface area is 185 Å². The summed E-state index contributed by atoms with van der Waals surface area (Å²) >= 11 is 0. The summed E-state index contributed by atoms with van der Waals surface area (Å²) in [6.45, 7) is 2.11. The van der Waals surface area contributed by atoms with Crippen LogP contribution in [0.5, 0.6) is 0 Å². The van der Waals surface area contributed by atoms with Crippen molar-refractivity contribution in [3.8, 4) is 17.5 Å². The van der Waals surface area contributed by atoms with Crippen molar-refractivity contribution in [3.05, 3.63) is 76.9 Å². The summed E-state index contributed by atoms with van der Waals surface area (Å²) in [5.41, 5.74) is 2.33. The van der Waals surface area contributed by atoms with Crippen molar-refractivity contribution in [1.29, 1.82) is 5.26 Å². The van der Waals surface area contributed by atoms with E-state index in [2.05, 4.69) is 4.98 Å². The quantitative estimate of drug-likeness (QED) is 0.487. The van der Waals surface area contributed by atoms with Crippen LogP contribution in [0.2, 0.25) is 0 Å². The molecule has 0 saturated heterocycles. The van der Waals surface area contributed by atoms with E-state index in [4.69, 9.17) is 19.2 Å². The standard InChI is InChI=1S/C25H23FN2O4/c1-16-23(28-24(31-16)18-9-11-20(26)12-10-18)15-30-21-3-2-4-22(13-21)32-25(29)19-7-5-17(14-27)6-8-19/h5-12,21-22H,2-4,13,15H2,1H3/t21-,22+/m0/s1. The fraction of sp³-hybridized carbons (Fsp3) is 0.320. The molecule has 1 heterocycles. The molecule has 164 valence electrons. The van der Waals surface area contributed by atoms with E-state index in [1.807, 2.05) is 13.0 Å². The molecular weight excluding hydrogens is 411 g/mol. The van der Waals surface area contributed by atoms with E-state index < -0.39 is 5.97 Å². The van der Waals surface area contributed by atoms with Gasteiger partial charge in [0.05, 0.1) is 29.9 Å². The first kappa shape index (κ1) is 21.7. The van der Waals surface area contributed by atoms with Gasteiger partial charge < -0.3 is 13.9 Å². The molecular formula is C25H23FN2O4. The third-order valence-electron chi connectivity index (χ3n) is 5.54. The second-order valence-corrected chi connectivity index (χ2v) is 7.84. The monoisotopic (exact) mass is 434 g/mol. The number of aryl methyl sites for hydroxylation is 1. The van der Waals surface area contributed by atoms with Gasteiger partial charge in [0.2, 0.25) is 5.89 Å². The molecule has 0 spiro atoms. The SMILES string of the molecule is Cc1oc(-c2ccc(F)cc2)nc1CO[C@H]1CCC[C@@H](OC(=O)c2ccc(C#N)cc2)C1. The van der Waals surface area contributed by atoms with E-state index in [9.17, 15) is 9.18 Å². The van der Waals surface area contributed by atoms with Crippen LogP contribution in [0.15, 0.2) is 52.9 Å². The Kier molecular flexibility index (Phi) is 6.62. The molecule has 0 amide bonds. The number of benzene rings is 2. The molecule has 4 rings (SSSR count). The zero-order chi connectivity index (χ0) is 22.5. The van der Waals surface area contributed by atoms with Gasteiger partial charge in [-0.25, -0.2) is 14.2 Å². The molecule has 1 saturated carbocycles.